The molecule has 0 bridgehead atoms. The van der Waals surface area contributed by atoms with E-state index in [0.717, 1.165) is 5.56 Å². The highest BCUT2D eigenvalue weighted by molar-refractivity contribution is 5.81. The predicted molar refractivity (Wildman–Crippen MR) is 80.5 cm³/mol. The van der Waals surface area contributed by atoms with Gasteiger partial charge in [0.25, 0.3) is 0 Å². The Kier molecular flexibility index (Phi) is 4.55. The molecule has 1 aliphatic heterocycles. The van der Waals surface area contributed by atoms with Gasteiger partial charge in [-0.2, -0.15) is 0 Å². The van der Waals surface area contributed by atoms with Gasteiger partial charge in [-0.25, -0.2) is 9.18 Å². The molecule has 0 unspecified atom stereocenters. The Morgan fingerprint density at radius 3 is 2.62 bits per heavy atom. The Morgan fingerprint density at radius 1 is 1.17 bits per heavy atom. The van der Waals surface area contributed by atoms with Crippen LogP contribution in [0.25, 0.3) is 11.0 Å². The minimum Gasteiger partial charge on any atom is -0.462 e. The standard InChI is InChI=1S/C16H17FO7/c1-7-4-12(18)23-10-5-8(2-3-9(7)10)22-16-15(21)14(20)13(19)11(6-17)24-16/h2-5,11,13-16,19-21H,6H2,1H3/t11-,13-,14+,15-,16-/m1/s1. The van der Waals surface area contributed by atoms with Crippen molar-refractivity contribution >= 4 is 11.0 Å². The summed E-state index contributed by atoms with van der Waals surface area (Å²) in [5, 5.41) is 30.0. The Hall–Kier alpha value is -2.00. The van der Waals surface area contributed by atoms with E-state index in [2.05, 4.69) is 0 Å². The lowest BCUT2D eigenvalue weighted by Crippen LogP contribution is -2.59. The molecular weight excluding hydrogens is 323 g/mol. The molecular formula is C16H17FO7. The number of aryl methyl sites for hydroxylation is 1. The second-order valence-electron chi connectivity index (χ2n) is 5.69. The van der Waals surface area contributed by atoms with Gasteiger partial charge in [-0.15, -0.1) is 0 Å². The van der Waals surface area contributed by atoms with Crippen molar-refractivity contribution in [2.45, 2.75) is 37.6 Å². The Morgan fingerprint density at radius 2 is 1.92 bits per heavy atom. The van der Waals surface area contributed by atoms with Crippen molar-refractivity contribution in [1.29, 1.82) is 0 Å². The van der Waals surface area contributed by atoms with Crippen molar-refractivity contribution in [3.05, 3.63) is 40.2 Å². The molecule has 1 aromatic heterocycles. The summed E-state index contributed by atoms with van der Waals surface area (Å²) < 4.78 is 28.5. The summed E-state index contributed by atoms with van der Waals surface area (Å²) in [6.07, 6.45) is -7.41. The number of rotatable bonds is 3. The zero-order valence-corrected chi connectivity index (χ0v) is 12.8. The summed E-state index contributed by atoms with van der Waals surface area (Å²) in [5.41, 5.74) is 0.505. The molecule has 5 atom stereocenters. The molecule has 130 valence electrons. The number of aliphatic hydroxyl groups excluding tert-OH is 3. The molecule has 0 amide bonds. The first-order valence-electron chi connectivity index (χ1n) is 7.37. The van der Waals surface area contributed by atoms with Crippen LogP contribution in [0.3, 0.4) is 0 Å². The van der Waals surface area contributed by atoms with Crippen molar-refractivity contribution in [2.75, 3.05) is 6.67 Å². The Bertz CT molecular complexity index is 788. The molecule has 0 radical (unpaired) electrons. The Balaban J connectivity index is 1.87. The minimum atomic E-state index is -1.61. The van der Waals surface area contributed by atoms with Crippen LogP contribution in [-0.4, -0.2) is 52.7 Å². The molecule has 2 aromatic rings. The molecule has 3 N–H and O–H groups in total. The molecule has 3 rings (SSSR count). The van der Waals surface area contributed by atoms with Crippen LogP contribution in [0.15, 0.2) is 33.5 Å². The van der Waals surface area contributed by atoms with Crippen LogP contribution in [0.2, 0.25) is 0 Å². The van der Waals surface area contributed by atoms with Gasteiger partial charge in [0.2, 0.25) is 6.29 Å². The van der Waals surface area contributed by atoms with Gasteiger partial charge in [0.05, 0.1) is 0 Å². The normalized spacial score (nSPS) is 30.5. The van der Waals surface area contributed by atoms with E-state index in [4.69, 9.17) is 13.9 Å². The third-order valence-corrected chi connectivity index (χ3v) is 4.00. The van der Waals surface area contributed by atoms with E-state index >= 15 is 0 Å². The first-order chi connectivity index (χ1) is 11.4. The van der Waals surface area contributed by atoms with Crippen molar-refractivity contribution in [2.24, 2.45) is 0 Å². The fourth-order valence-corrected chi connectivity index (χ4v) is 2.65. The molecule has 24 heavy (non-hydrogen) atoms. The fourth-order valence-electron chi connectivity index (χ4n) is 2.65. The second-order valence-corrected chi connectivity index (χ2v) is 5.69. The predicted octanol–water partition coefficient (Wildman–Crippen LogP) is 0.257. The van der Waals surface area contributed by atoms with Gasteiger partial charge in [-0.05, 0) is 24.6 Å². The number of alkyl halides is 1. The van der Waals surface area contributed by atoms with Crippen molar-refractivity contribution in [1.82, 2.24) is 0 Å². The van der Waals surface area contributed by atoms with Crippen LogP contribution in [0.4, 0.5) is 4.39 Å². The van der Waals surface area contributed by atoms with Crippen LogP contribution >= 0.6 is 0 Å². The van der Waals surface area contributed by atoms with Crippen molar-refractivity contribution in [3.8, 4) is 5.75 Å². The number of hydrogen-bond acceptors (Lipinski definition) is 7. The zero-order chi connectivity index (χ0) is 17.4. The van der Waals surface area contributed by atoms with E-state index in [0.29, 0.717) is 5.39 Å². The summed E-state index contributed by atoms with van der Waals surface area (Å²) in [7, 11) is 0. The molecule has 2 heterocycles. The molecule has 0 aliphatic carbocycles. The van der Waals surface area contributed by atoms with Crippen LogP contribution in [0.5, 0.6) is 5.75 Å². The number of benzene rings is 1. The van der Waals surface area contributed by atoms with Gasteiger partial charge in [0, 0.05) is 17.5 Å². The van der Waals surface area contributed by atoms with E-state index in [9.17, 15) is 24.5 Å². The molecule has 1 fully saturated rings. The van der Waals surface area contributed by atoms with Gasteiger partial charge < -0.3 is 29.2 Å². The third-order valence-electron chi connectivity index (χ3n) is 4.00. The van der Waals surface area contributed by atoms with Gasteiger partial charge in [0.15, 0.2) is 0 Å². The molecule has 1 saturated heterocycles. The van der Waals surface area contributed by atoms with Crippen LogP contribution < -0.4 is 10.4 Å². The van der Waals surface area contributed by atoms with E-state index in [1.165, 1.54) is 12.1 Å². The average molecular weight is 340 g/mol. The van der Waals surface area contributed by atoms with Crippen LogP contribution in [-0.2, 0) is 4.74 Å². The molecule has 1 aliphatic rings. The quantitative estimate of drug-likeness (QED) is 0.688. The smallest absolute Gasteiger partial charge is 0.336 e. The fraction of sp³-hybridized carbons (Fsp3) is 0.438. The number of halogens is 1. The number of hydrogen-bond donors (Lipinski definition) is 3. The SMILES string of the molecule is Cc1cc(=O)oc2cc(O[C@@H]3O[C@H](CF)[C@@H](O)[C@H](O)[C@H]3O)ccc12. The van der Waals surface area contributed by atoms with E-state index in [1.807, 2.05) is 0 Å². The lowest BCUT2D eigenvalue weighted by molar-refractivity contribution is -0.274. The van der Waals surface area contributed by atoms with Crippen LogP contribution in [0.1, 0.15) is 5.56 Å². The highest BCUT2D eigenvalue weighted by atomic mass is 19.1. The highest BCUT2D eigenvalue weighted by Crippen LogP contribution is 2.27. The summed E-state index contributed by atoms with van der Waals surface area (Å²) in [6.45, 7) is 0.716. The topological polar surface area (TPSA) is 109 Å². The first kappa shape index (κ1) is 16.8. The molecule has 1 aromatic carbocycles. The second kappa shape index (κ2) is 6.48. The average Bonchev–Trinajstić information content (AvgIpc) is 2.55. The Labute approximate surface area is 135 Å². The summed E-state index contributed by atoms with van der Waals surface area (Å²) in [6, 6.07) is 6.02. The summed E-state index contributed by atoms with van der Waals surface area (Å²) >= 11 is 0. The van der Waals surface area contributed by atoms with Crippen molar-refractivity contribution in [3.63, 3.8) is 0 Å². The largest absolute Gasteiger partial charge is 0.462 e. The summed E-state index contributed by atoms with van der Waals surface area (Å²) in [4.78, 5) is 11.4. The molecule has 0 saturated carbocycles. The molecule has 7 nitrogen and oxygen atoms in total. The van der Waals surface area contributed by atoms with E-state index in [-0.39, 0.29) is 11.3 Å². The monoisotopic (exact) mass is 340 g/mol. The van der Waals surface area contributed by atoms with E-state index < -0.39 is 43.0 Å². The van der Waals surface area contributed by atoms with Crippen LogP contribution in [0, 0.1) is 6.92 Å². The molecule has 0 spiro atoms. The maximum absolute atomic E-state index is 12.9. The van der Waals surface area contributed by atoms with E-state index in [1.54, 1.807) is 19.1 Å². The van der Waals surface area contributed by atoms with Gasteiger partial charge in [-0.1, -0.05) is 0 Å². The van der Waals surface area contributed by atoms with Crippen molar-refractivity contribution < 1.29 is 33.6 Å². The summed E-state index contributed by atoms with van der Waals surface area (Å²) in [5.74, 6) is 0.196. The van der Waals surface area contributed by atoms with Gasteiger partial charge >= 0.3 is 5.63 Å². The number of fused-ring (bicyclic) bond motifs is 1. The third kappa shape index (κ3) is 3.01. The highest BCUT2D eigenvalue weighted by Gasteiger charge is 2.45. The number of ether oxygens (including phenoxy) is 2. The minimum absolute atomic E-state index is 0.196. The molecule has 8 heteroatoms. The van der Waals surface area contributed by atoms with Gasteiger partial charge in [-0.3, -0.25) is 0 Å². The maximum Gasteiger partial charge on any atom is 0.336 e. The maximum atomic E-state index is 12.9. The lowest BCUT2D eigenvalue weighted by Gasteiger charge is -2.39. The number of aliphatic hydroxyl groups is 3. The first-order valence-corrected chi connectivity index (χ1v) is 7.37. The lowest BCUT2D eigenvalue weighted by atomic mass is 9.99. The zero-order valence-electron chi connectivity index (χ0n) is 12.8. The van der Waals surface area contributed by atoms with Gasteiger partial charge in [0.1, 0.15) is 42.4 Å².